The number of ether oxygens (including phenoxy) is 1. The van der Waals surface area contributed by atoms with E-state index in [4.69, 9.17) is 4.74 Å². The fourth-order valence-electron chi connectivity index (χ4n) is 3.08. The van der Waals surface area contributed by atoms with Crippen molar-refractivity contribution < 1.29 is 4.74 Å². The summed E-state index contributed by atoms with van der Waals surface area (Å²) in [6.45, 7) is 8.96. The lowest BCUT2D eigenvalue weighted by molar-refractivity contribution is 0.125. The van der Waals surface area contributed by atoms with Gasteiger partial charge in [0.15, 0.2) is 0 Å². The number of nitrogens with zero attached hydrogens (tertiary/aromatic N) is 3. The zero-order valence-electron chi connectivity index (χ0n) is 13.6. The molecule has 0 saturated carbocycles. The number of aryl methyl sites for hydroxylation is 2. The molecule has 0 aromatic carbocycles. The Morgan fingerprint density at radius 1 is 1.45 bits per heavy atom. The van der Waals surface area contributed by atoms with Crippen LogP contribution in [0.3, 0.4) is 0 Å². The monoisotopic (exact) mass is 320 g/mol. The molecule has 2 aromatic heterocycles. The average Bonchev–Trinajstić information content (AvgIpc) is 2.69. The predicted molar refractivity (Wildman–Crippen MR) is 91.8 cm³/mol. The lowest BCUT2D eigenvalue weighted by atomic mass is 10.1. The van der Waals surface area contributed by atoms with Gasteiger partial charge in [0.25, 0.3) is 0 Å². The van der Waals surface area contributed by atoms with Crippen LogP contribution in [0.2, 0.25) is 0 Å². The molecule has 3 heterocycles. The summed E-state index contributed by atoms with van der Waals surface area (Å²) in [5.74, 6) is 1.46. The highest BCUT2D eigenvalue weighted by atomic mass is 32.1. The van der Waals surface area contributed by atoms with E-state index in [0.29, 0.717) is 5.92 Å². The first-order valence-corrected chi connectivity index (χ1v) is 8.73. The van der Waals surface area contributed by atoms with Crippen LogP contribution in [0.15, 0.2) is 6.33 Å². The first-order valence-electron chi connectivity index (χ1n) is 7.92. The van der Waals surface area contributed by atoms with Crippen molar-refractivity contribution in [1.82, 2.24) is 14.9 Å². The number of aromatic nitrogens is 2. The molecule has 1 atom stereocenters. The molecule has 0 spiro atoms. The third-order valence-corrected chi connectivity index (χ3v) is 5.30. The standard InChI is InChI=1S/C16H24N4OS/c1-4-13-11(2)22-16-14(13)15(18-10-19-16)17-7-12-8-20(3)5-6-21-9-12/h10,12H,4-9H2,1-3H3,(H,17,18,19). The SMILES string of the molecule is CCc1c(C)sc2ncnc(NCC3COCCN(C)C3)c12. The van der Waals surface area contributed by atoms with E-state index in [1.807, 2.05) is 0 Å². The highest BCUT2D eigenvalue weighted by Gasteiger charge is 2.18. The van der Waals surface area contributed by atoms with Gasteiger partial charge in [-0.25, -0.2) is 9.97 Å². The first kappa shape index (κ1) is 15.6. The highest BCUT2D eigenvalue weighted by molar-refractivity contribution is 7.18. The minimum absolute atomic E-state index is 0.488. The van der Waals surface area contributed by atoms with E-state index in [9.17, 15) is 0 Å². The van der Waals surface area contributed by atoms with E-state index < -0.39 is 0 Å². The maximum Gasteiger partial charge on any atom is 0.138 e. The van der Waals surface area contributed by atoms with Gasteiger partial charge in [-0.1, -0.05) is 6.92 Å². The third kappa shape index (κ3) is 3.24. The van der Waals surface area contributed by atoms with E-state index in [0.717, 1.165) is 49.9 Å². The summed E-state index contributed by atoms with van der Waals surface area (Å²) in [6.07, 6.45) is 2.68. The van der Waals surface area contributed by atoms with Gasteiger partial charge in [-0.05, 0) is 26.0 Å². The average molecular weight is 320 g/mol. The van der Waals surface area contributed by atoms with Crippen LogP contribution < -0.4 is 5.32 Å². The van der Waals surface area contributed by atoms with Gasteiger partial charge in [-0.3, -0.25) is 0 Å². The molecule has 5 nitrogen and oxygen atoms in total. The Kier molecular flexibility index (Phi) is 4.90. The Morgan fingerprint density at radius 3 is 3.14 bits per heavy atom. The molecule has 6 heteroatoms. The van der Waals surface area contributed by atoms with Gasteiger partial charge in [0.05, 0.1) is 18.6 Å². The van der Waals surface area contributed by atoms with Gasteiger partial charge >= 0.3 is 0 Å². The van der Waals surface area contributed by atoms with E-state index in [2.05, 4.69) is 41.1 Å². The molecule has 1 unspecified atom stereocenters. The molecule has 3 rings (SSSR count). The van der Waals surface area contributed by atoms with Crippen LogP contribution in [0, 0.1) is 12.8 Å². The summed E-state index contributed by atoms with van der Waals surface area (Å²) < 4.78 is 5.69. The molecular formula is C16H24N4OS. The second-order valence-electron chi connectivity index (χ2n) is 5.98. The Hall–Kier alpha value is -1.24. The number of hydrogen-bond donors (Lipinski definition) is 1. The van der Waals surface area contributed by atoms with Gasteiger partial charge in [0.1, 0.15) is 17.0 Å². The first-order chi connectivity index (χ1) is 10.7. The molecule has 0 amide bonds. The van der Waals surface area contributed by atoms with Crippen LogP contribution in [0.25, 0.3) is 10.2 Å². The Balaban J connectivity index is 1.78. The number of nitrogens with one attached hydrogen (secondary N) is 1. The van der Waals surface area contributed by atoms with Crippen LogP contribution >= 0.6 is 11.3 Å². The zero-order valence-corrected chi connectivity index (χ0v) is 14.4. The van der Waals surface area contributed by atoms with Crippen LogP contribution in [0.4, 0.5) is 5.82 Å². The third-order valence-electron chi connectivity index (χ3n) is 4.24. The summed E-state index contributed by atoms with van der Waals surface area (Å²) in [5, 5.41) is 4.75. The van der Waals surface area contributed by atoms with Crippen molar-refractivity contribution in [3.05, 3.63) is 16.8 Å². The predicted octanol–water partition coefficient (Wildman–Crippen LogP) is 2.55. The normalized spacial score (nSPS) is 20.2. The van der Waals surface area contributed by atoms with Gasteiger partial charge in [0.2, 0.25) is 0 Å². The second-order valence-corrected chi connectivity index (χ2v) is 7.18. The highest BCUT2D eigenvalue weighted by Crippen LogP contribution is 2.33. The molecule has 0 bridgehead atoms. The number of thiophene rings is 1. The number of fused-ring (bicyclic) bond motifs is 1. The van der Waals surface area contributed by atoms with Crippen LogP contribution in [0.1, 0.15) is 17.4 Å². The summed E-state index contributed by atoms with van der Waals surface area (Å²) in [6, 6.07) is 0. The molecule has 0 radical (unpaired) electrons. The lowest BCUT2D eigenvalue weighted by Crippen LogP contribution is -2.30. The van der Waals surface area contributed by atoms with Gasteiger partial charge in [0, 0.05) is 30.4 Å². The maximum atomic E-state index is 5.69. The van der Waals surface area contributed by atoms with Crippen molar-refractivity contribution in [2.45, 2.75) is 20.3 Å². The molecular weight excluding hydrogens is 296 g/mol. The topological polar surface area (TPSA) is 50.3 Å². The van der Waals surface area contributed by atoms with Gasteiger partial charge < -0.3 is 15.0 Å². The van der Waals surface area contributed by atoms with Crippen molar-refractivity contribution in [3.8, 4) is 0 Å². The van der Waals surface area contributed by atoms with E-state index in [1.165, 1.54) is 15.8 Å². The molecule has 1 aliphatic rings. The summed E-state index contributed by atoms with van der Waals surface area (Å²) in [5.41, 5.74) is 1.37. The number of anilines is 1. The largest absolute Gasteiger partial charge is 0.380 e. The zero-order chi connectivity index (χ0) is 15.5. The molecule has 1 saturated heterocycles. The summed E-state index contributed by atoms with van der Waals surface area (Å²) in [7, 11) is 2.15. The lowest BCUT2D eigenvalue weighted by Gasteiger charge is -2.19. The molecule has 2 aromatic rings. The summed E-state index contributed by atoms with van der Waals surface area (Å²) >= 11 is 1.76. The fraction of sp³-hybridized carbons (Fsp3) is 0.625. The smallest absolute Gasteiger partial charge is 0.138 e. The Morgan fingerprint density at radius 2 is 2.32 bits per heavy atom. The maximum absolute atomic E-state index is 5.69. The Labute approximate surface area is 135 Å². The molecule has 1 N–H and O–H groups in total. The van der Waals surface area contributed by atoms with Crippen molar-refractivity contribution in [2.75, 3.05) is 45.2 Å². The van der Waals surface area contributed by atoms with E-state index in [1.54, 1.807) is 17.7 Å². The molecule has 1 fully saturated rings. The van der Waals surface area contributed by atoms with Crippen LogP contribution in [0.5, 0.6) is 0 Å². The van der Waals surface area contributed by atoms with Crippen molar-refractivity contribution >= 4 is 27.4 Å². The van der Waals surface area contributed by atoms with Gasteiger partial charge in [-0.15, -0.1) is 11.3 Å². The molecule has 1 aliphatic heterocycles. The Bertz CT molecular complexity index is 642. The van der Waals surface area contributed by atoms with Crippen LogP contribution in [-0.2, 0) is 11.2 Å². The number of hydrogen-bond acceptors (Lipinski definition) is 6. The fourth-order valence-corrected chi connectivity index (χ4v) is 4.16. The minimum Gasteiger partial charge on any atom is -0.380 e. The number of likely N-dealkylation sites (N-methyl/N-ethyl adjacent to an activating group) is 1. The quantitative estimate of drug-likeness (QED) is 0.938. The minimum atomic E-state index is 0.488. The van der Waals surface area contributed by atoms with E-state index >= 15 is 0 Å². The summed E-state index contributed by atoms with van der Waals surface area (Å²) in [4.78, 5) is 13.7. The van der Waals surface area contributed by atoms with Gasteiger partial charge in [-0.2, -0.15) is 0 Å². The molecule has 120 valence electrons. The van der Waals surface area contributed by atoms with Crippen molar-refractivity contribution in [1.29, 1.82) is 0 Å². The molecule has 22 heavy (non-hydrogen) atoms. The number of rotatable bonds is 4. The van der Waals surface area contributed by atoms with Crippen LogP contribution in [-0.4, -0.2) is 54.8 Å². The van der Waals surface area contributed by atoms with E-state index in [-0.39, 0.29) is 0 Å². The second kappa shape index (κ2) is 6.89. The van der Waals surface area contributed by atoms with Crippen molar-refractivity contribution in [2.24, 2.45) is 5.92 Å². The molecule has 0 aliphatic carbocycles. The van der Waals surface area contributed by atoms with Crippen molar-refractivity contribution in [3.63, 3.8) is 0 Å².